The van der Waals surface area contributed by atoms with E-state index in [4.69, 9.17) is 4.74 Å². The first-order chi connectivity index (χ1) is 11.9. The van der Waals surface area contributed by atoms with E-state index in [2.05, 4.69) is 20.6 Å². The smallest absolute Gasteiger partial charge is 0.338 e. The van der Waals surface area contributed by atoms with E-state index in [1.54, 1.807) is 18.2 Å². The minimum atomic E-state index is -0.682. The van der Waals surface area contributed by atoms with Gasteiger partial charge in [0.05, 0.1) is 28.0 Å². The summed E-state index contributed by atoms with van der Waals surface area (Å²) in [5.74, 6) is -1.35. The third-order valence-electron chi connectivity index (χ3n) is 3.81. The van der Waals surface area contributed by atoms with Crippen LogP contribution in [-0.4, -0.2) is 40.5 Å². The predicted octanol–water partition coefficient (Wildman–Crippen LogP) is 1.39. The van der Waals surface area contributed by atoms with Crippen LogP contribution in [0.5, 0.6) is 0 Å². The molecule has 1 aliphatic carbocycles. The van der Waals surface area contributed by atoms with Gasteiger partial charge in [0.1, 0.15) is 0 Å². The van der Waals surface area contributed by atoms with Crippen LogP contribution in [0.1, 0.15) is 34.6 Å². The minimum absolute atomic E-state index is 0.140. The van der Waals surface area contributed by atoms with Gasteiger partial charge >= 0.3 is 12.0 Å². The minimum Gasteiger partial charge on any atom is -0.452 e. The quantitative estimate of drug-likeness (QED) is 0.813. The number of urea groups is 1. The van der Waals surface area contributed by atoms with Crippen LogP contribution in [0.4, 0.5) is 4.79 Å². The van der Waals surface area contributed by atoms with E-state index in [0.29, 0.717) is 11.0 Å². The van der Waals surface area contributed by atoms with Crippen molar-refractivity contribution in [1.82, 2.24) is 20.6 Å². The number of carbonyl (C=O) groups is 3. The van der Waals surface area contributed by atoms with E-state index in [9.17, 15) is 14.4 Å². The standard InChI is InChI=1S/C17H18N4O4/c1-9-10(2)19-14-7-11(3-6-13(14)18-9)16(23)25-8-15(22)21-17(24)20-12-4-5-12/h3,6-7,12H,4-5,8H2,1-2H3,(H2,20,21,22,24). The van der Waals surface area contributed by atoms with Crippen LogP contribution in [-0.2, 0) is 9.53 Å². The number of esters is 1. The number of rotatable bonds is 4. The van der Waals surface area contributed by atoms with Crippen LogP contribution in [0.2, 0.25) is 0 Å². The van der Waals surface area contributed by atoms with E-state index in [1.807, 2.05) is 13.8 Å². The zero-order chi connectivity index (χ0) is 18.0. The fraction of sp³-hybridized carbons (Fsp3) is 0.353. The highest BCUT2D eigenvalue weighted by Crippen LogP contribution is 2.18. The number of benzene rings is 1. The normalized spacial score (nSPS) is 13.4. The van der Waals surface area contributed by atoms with Gasteiger partial charge in [-0.1, -0.05) is 0 Å². The molecule has 1 saturated carbocycles. The van der Waals surface area contributed by atoms with Crippen LogP contribution in [0.25, 0.3) is 11.0 Å². The molecule has 25 heavy (non-hydrogen) atoms. The summed E-state index contributed by atoms with van der Waals surface area (Å²) in [4.78, 5) is 43.9. The van der Waals surface area contributed by atoms with Gasteiger partial charge in [-0.2, -0.15) is 0 Å². The molecule has 1 aliphatic rings. The van der Waals surface area contributed by atoms with E-state index in [1.165, 1.54) is 0 Å². The molecule has 8 nitrogen and oxygen atoms in total. The average molecular weight is 342 g/mol. The first-order valence-corrected chi connectivity index (χ1v) is 7.95. The molecule has 0 aliphatic heterocycles. The molecule has 0 bridgehead atoms. The summed E-state index contributed by atoms with van der Waals surface area (Å²) in [6.45, 7) is 3.17. The van der Waals surface area contributed by atoms with Gasteiger partial charge in [-0.05, 0) is 44.9 Å². The molecule has 1 fully saturated rings. The Hall–Kier alpha value is -3.03. The van der Waals surface area contributed by atoms with Crippen molar-refractivity contribution in [3.05, 3.63) is 35.2 Å². The second-order valence-corrected chi connectivity index (χ2v) is 5.97. The van der Waals surface area contributed by atoms with Crippen LogP contribution in [0.3, 0.4) is 0 Å². The molecule has 2 N–H and O–H groups in total. The molecule has 3 rings (SSSR count). The predicted molar refractivity (Wildman–Crippen MR) is 89.0 cm³/mol. The molecule has 1 aromatic heterocycles. The molecule has 0 spiro atoms. The van der Waals surface area contributed by atoms with Gasteiger partial charge in [0, 0.05) is 6.04 Å². The summed E-state index contributed by atoms with van der Waals surface area (Å²) in [7, 11) is 0. The number of nitrogens with one attached hydrogen (secondary N) is 2. The molecule has 0 atom stereocenters. The van der Waals surface area contributed by atoms with Crippen molar-refractivity contribution in [2.75, 3.05) is 6.61 Å². The van der Waals surface area contributed by atoms with Crippen molar-refractivity contribution in [3.8, 4) is 0 Å². The number of ether oxygens (including phenoxy) is 1. The van der Waals surface area contributed by atoms with Crippen LogP contribution < -0.4 is 10.6 Å². The van der Waals surface area contributed by atoms with E-state index in [0.717, 1.165) is 24.2 Å². The van der Waals surface area contributed by atoms with Gasteiger partial charge in [0.15, 0.2) is 6.61 Å². The van der Waals surface area contributed by atoms with Crippen molar-refractivity contribution in [1.29, 1.82) is 0 Å². The Morgan fingerprint density at radius 2 is 1.80 bits per heavy atom. The fourth-order valence-corrected chi connectivity index (χ4v) is 2.18. The lowest BCUT2D eigenvalue weighted by Gasteiger charge is -2.07. The summed E-state index contributed by atoms with van der Waals surface area (Å²) in [5, 5.41) is 4.72. The van der Waals surface area contributed by atoms with Gasteiger partial charge in [0.25, 0.3) is 5.91 Å². The first-order valence-electron chi connectivity index (χ1n) is 7.95. The third kappa shape index (κ3) is 4.28. The number of imide groups is 1. The lowest BCUT2D eigenvalue weighted by Crippen LogP contribution is -2.42. The lowest BCUT2D eigenvalue weighted by atomic mass is 10.2. The molecule has 0 radical (unpaired) electrons. The highest BCUT2D eigenvalue weighted by atomic mass is 16.5. The number of aryl methyl sites for hydroxylation is 2. The summed E-state index contributed by atoms with van der Waals surface area (Å²) in [6, 6.07) is 4.37. The number of nitrogens with zero attached hydrogens (tertiary/aromatic N) is 2. The molecule has 3 amide bonds. The van der Waals surface area contributed by atoms with Crippen molar-refractivity contribution in [3.63, 3.8) is 0 Å². The van der Waals surface area contributed by atoms with E-state index in [-0.39, 0.29) is 11.6 Å². The van der Waals surface area contributed by atoms with Crippen LogP contribution >= 0.6 is 0 Å². The monoisotopic (exact) mass is 342 g/mol. The second kappa shape index (κ2) is 6.84. The number of aromatic nitrogens is 2. The Labute approximate surface area is 144 Å². The Morgan fingerprint density at radius 1 is 1.12 bits per heavy atom. The van der Waals surface area contributed by atoms with Crippen molar-refractivity contribution in [2.45, 2.75) is 32.7 Å². The molecule has 1 heterocycles. The molecule has 1 aromatic carbocycles. The highest BCUT2D eigenvalue weighted by molar-refractivity contribution is 5.98. The number of hydrogen-bond donors (Lipinski definition) is 2. The van der Waals surface area contributed by atoms with Gasteiger partial charge in [0.2, 0.25) is 0 Å². The fourth-order valence-electron chi connectivity index (χ4n) is 2.18. The first kappa shape index (κ1) is 16.8. The number of fused-ring (bicyclic) bond motifs is 1. The van der Waals surface area contributed by atoms with Gasteiger partial charge < -0.3 is 10.1 Å². The number of amides is 3. The zero-order valence-electron chi connectivity index (χ0n) is 14.0. The third-order valence-corrected chi connectivity index (χ3v) is 3.81. The van der Waals surface area contributed by atoms with E-state index >= 15 is 0 Å². The second-order valence-electron chi connectivity index (χ2n) is 5.97. The highest BCUT2D eigenvalue weighted by Gasteiger charge is 2.24. The topological polar surface area (TPSA) is 110 Å². The molecule has 2 aromatic rings. The van der Waals surface area contributed by atoms with Gasteiger partial charge in [-0.3, -0.25) is 10.1 Å². The summed E-state index contributed by atoms with van der Waals surface area (Å²) < 4.78 is 4.94. The molecule has 0 saturated heterocycles. The average Bonchev–Trinajstić information content (AvgIpc) is 3.37. The Bertz CT molecular complexity index is 861. The lowest BCUT2D eigenvalue weighted by molar-refractivity contribution is -0.123. The van der Waals surface area contributed by atoms with Crippen LogP contribution in [0.15, 0.2) is 18.2 Å². The van der Waals surface area contributed by atoms with Crippen molar-refractivity contribution in [2.24, 2.45) is 0 Å². The summed E-state index contributed by atoms with van der Waals surface area (Å²) >= 11 is 0. The summed E-state index contributed by atoms with van der Waals surface area (Å²) in [5.41, 5.74) is 3.11. The van der Waals surface area contributed by atoms with Crippen LogP contribution in [0, 0.1) is 13.8 Å². The largest absolute Gasteiger partial charge is 0.452 e. The Balaban J connectivity index is 1.58. The number of carbonyl (C=O) groups excluding carboxylic acids is 3. The molecule has 130 valence electrons. The van der Waals surface area contributed by atoms with Gasteiger partial charge in [-0.15, -0.1) is 0 Å². The maximum absolute atomic E-state index is 12.1. The van der Waals surface area contributed by atoms with Crippen molar-refractivity contribution < 1.29 is 19.1 Å². The molecular formula is C17H18N4O4. The Kier molecular flexibility index (Phi) is 4.60. The SMILES string of the molecule is Cc1nc2ccc(C(=O)OCC(=O)NC(=O)NC3CC3)cc2nc1C. The molecular weight excluding hydrogens is 324 g/mol. The number of hydrogen-bond acceptors (Lipinski definition) is 6. The van der Waals surface area contributed by atoms with E-state index < -0.39 is 24.5 Å². The zero-order valence-corrected chi connectivity index (χ0v) is 14.0. The molecule has 0 unspecified atom stereocenters. The molecule has 8 heteroatoms. The maximum Gasteiger partial charge on any atom is 0.338 e. The Morgan fingerprint density at radius 3 is 2.48 bits per heavy atom. The maximum atomic E-state index is 12.1. The summed E-state index contributed by atoms with van der Waals surface area (Å²) in [6.07, 6.45) is 1.83. The van der Waals surface area contributed by atoms with Gasteiger partial charge in [-0.25, -0.2) is 19.6 Å². The van der Waals surface area contributed by atoms with Crippen molar-refractivity contribution >= 4 is 28.9 Å².